The van der Waals surface area contributed by atoms with Crippen molar-refractivity contribution in [3.63, 3.8) is 0 Å². The molecule has 0 bridgehead atoms. The average molecular weight is 533 g/mol. The highest BCUT2D eigenvalue weighted by atomic mass is 32.2. The summed E-state index contributed by atoms with van der Waals surface area (Å²) in [7, 11) is 3.14. The highest BCUT2D eigenvalue weighted by Crippen LogP contribution is 2.34. The minimum atomic E-state index is -0.331. The van der Waals surface area contributed by atoms with Crippen LogP contribution in [-0.2, 0) is 5.75 Å². The van der Waals surface area contributed by atoms with Crippen LogP contribution in [0, 0.1) is 5.82 Å². The van der Waals surface area contributed by atoms with Crippen molar-refractivity contribution in [2.75, 3.05) is 19.5 Å². The van der Waals surface area contributed by atoms with Crippen molar-refractivity contribution in [1.29, 1.82) is 0 Å². The van der Waals surface area contributed by atoms with E-state index in [2.05, 4.69) is 15.5 Å². The predicted octanol–water partition coefficient (Wildman–Crippen LogP) is 6.45. The fourth-order valence-corrected chi connectivity index (χ4v) is 5.48. The number of anilines is 1. The second kappa shape index (κ2) is 10.9. The topological polar surface area (TPSA) is 86.2 Å². The van der Waals surface area contributed by atoms with Gasteiger partial charge in [-0.15, -0.1) is 10.2 Å². The number of benzene rings is 3. The molecular weight excluding hydrogens is 511 g/mol. The van der Waals surface area contributed by atoms with Crippen molar-refractivity contribution < 1.29 is 18.7 Å². The molecule has 37 heavy (non-hydrogen) atoms. The van der Waals surface area contributed by atoms with Gasteiger partial charge in [-0.1, -0.05) is 59.5 Å². The van der Waals surface area contributed by atoms with Crippen molar-refractivity contribution in [2.24, 2.45) is 0 Å². The van der Waals surface area contributed by atoms with Gasteiger partial charge in [-0.05, 0) is 42.0 Å². The Balaban J connectivity index is 1.41. The van der Waals surface area contributed by atoms with Gasteiger partial charge in [0.2, 0.25) is 5.13 Å². The van der Waals surface area contributed by atoms with Gasteiger partial charge in [0.05, 0.1) is 31.0 Å². The summed E-state index contributed by atoms with van der Waals surface area (Å²) in [5.74, 6) is 0.990. The molecule has 5 aromatic rings. The number of para-hydroxylation sites is 1. The largest absolute Gasteiger partial charge is 0.493 e. The second-order valence-electron chi connectivity index (χ2n) is 7.85. The van der Waals surface area contributed by atoms with Crippen LogP contribution in [0.15, 0.2) is 77.1 Å². The maximum absolute atomic E-state index is 13.9. The van der Waals surface area contributed by atoms with Crippen LogP contribution in [0.25, 0.3) is 22.2 Å². The van der Waals surface area contributed by atoms with Gasteiger partial charge in [-0.3, -0.25) is 10.1 Å². The molecule has 0 unspecified atom stereocenters. The number of nitrogens with one attached hydrogen (secondary N) is 1. The molecule has 0 saturated carbocycles. The molecule has 0 fully saturated rings. The number of fused-ring (bicyclic) bond motifs is 1. The van der Waals surface area contributed by atoms with E-state index in [-0.39, 0.29) is 11.7 Å². The van der Waals surface area contributed by atoms with Crippen LogP contribution in [0.4, 0.5) is 9.52 Å². The zero-order valence-electron chi connectivity index (χ0n) is 19.9. The van der Waals surface area contributed by atoms with E-state index < -0.39 is 0 Å². The van der Waals surface area contributed by atoms with Gasteiger partial charge in [0.1, 0.15) is 5.82 Å². The number of halogens is 1. The summed E-state index contributed by atoms with van der Waals surface area (Å²) >= 11 is 2.60. The van der Waals surface area contributed by atoms with Gasteiger partial charge >= 0.3 is 0 Å². The smallest absolute Gasteiger partial charge is 0.258 e. The van der Waals surface area contributed by atoms with E-state index in [9.17, 15) is 9.18 Å². The Bertz CT molecular complexity index is 1590. The minimum absolute atomic E-state index is 0.261. The van der Waals surface area contributed by atoms with Crippen LogP contribution >= 0.6 is 23.1 Å². The summed E-state index contributed by atoms with van der Waals surface area (Å²) in [6.45, 7) is 0. The molecule has 5 rings (SSSR count). The van der Waals surface area contributed by atoms with Crippen LogP contribution < -0.4 is 14.8 Å². The molecule has 10 heteroatoms. The highest BCUT2D eigenvalue weighted by molar-refractivity contribution is 8.00. The Morgan fingerprint density at radius 2 is 1.76 bits per heavy atom. The highest BCUT2D eigenvalue weighted by Gasteiger charge is 2.17. The Labute approximate surface area is 220 Å². The first-order valence-corrected chi connectivity index (χ1v) is 13.0. The summed E-state index contributed by atoms with van der Waals surface area (Å²) < 4.78 is 25.3. The summed E-state index contributed by atoms with van der Waals surface area (Å²) in [5.41, 5.74) is 3.10. The molecule has 0 aliphatic heterocycles. The molecule has 0 spiro atoms. The molecule has 1 N–H and O–H groups in total. The van der Waals surface area contributed by atoms with Crippen LogP contribution in [-0.4, -0.2) is 35.3 Å². The third-order valence-corrected chi connectivity index (χ3v) is 7.60. The Morgan fingerprint density at radius 3 is 2.57 bits per heavy atom. The van der Waals surface area contributed by atoms with E-state index in [1.54, 1.807) is 44.6 Å². The van der Waals surface area contributed by atoms with E-state index in [1.165, 1.54) is 29.2 Å². The van der Waals surface area contributed by atoms with E-state index in [0.717, 1.165) is 5.56 Å². The van der Waals surface area contributed by atoms with Gasteiger partial charge in [0.15, 0.2) is 15.8 Å². The van der Waals surface area contributed by atoms with E-state index in [1.807, 2.05) is 36.4 Å². The molecule has 2 aromatic heterocycles. The monoisotopic (exact) mass is 532 g/mol. The van der Waals surface area contributed by atoms with Gasteiger partial charge in [-0.2, -0.15) is 0 Å². The zero-order valence-corrected chi connectivity index (χ0v) is 21.5. The number of aromatic nitrogens is 3. The number of carbonyl (C=O) groups is 1. The standard InChI is InChI=1S/C27H21FN4O3S2/c1-34-23-12-11-16(13-24(23)35-2)22-14-19(18-8-4-6-10-21(18)29-22)25(33)30-26-31-32-27(37-26)36-15-17-7-3-5-9-20(17)28/h3-14H,15H2,1-2H3,(H,30,31,33). The number of hydrogen-bond acceptors (Lipinski definition) is 8. The van der Waals surface area contributed by atoms with Crippen LogP contribution in [0.1, 0.15) is 15.9 Å². The van der Waals surface area contributed by atoms with Crippen molar-refractivity contribution in [3.8, 4) is 22.8 Å². The SMILES string of the molecule is COc1ccc(-c2cc(C(=O)Nc3nnc(SCc4ccccc4F)s3)c3ccccc3n2)cc1OC. The lowest BCUT2D eigenvalue weighted by molar-refractivity contribution is 0.102. The van der Waals surface area contributed by atoms with Crippen molar-refractivity contribution in [1.82, 2.24) is 15.2 Å². The first kappa shape index (κ1) is 24.7. The molecule has 0 radical (unpaired) electrons. The van der Waals surface area contributed by atoms with Gasteiger partial charge in [-0.25, -0.2) is 9.37 Å². The lowest BCUT2D eigenvalue weighted by Crippen LogP contribution is -2.13. The average Bonchev–Trinajstić information content (AvgIpc) is 3.38. The maximum Gasteiger partial charge on any atom is 0.258 e. The van der Waals surface area contributed by atoms with Gasteiger partial charge in [0.25, 0.3) is 5.91 Å². The number of nitrogens with zero attached hydrogens (tertiary/aromatic N) is 3. The summed E-state index contributed by atoms with van der Waals surface area (Å²) in [4.78, 5) is 18.1. The normalized spacial score (nSPS) is 10.9. The molecule has 1 amide bonds. The number of hydrogen-bond donors (Lipinski definition) is 1. The first-order chi connectivity index (χ1) is 18.1. The lowest BCUT2D eigenvalue weighted by atomic mass is 10.0. The van der Waals surface area contributed by atoms with Crippen molar-refractivity contribution in [3.05, 3.63) is 89.7 Å². The Kier molecular flexibility index (Phi) is 7.29. The number of carbonyl (C=O) groups excluding carboxylic acids is 1. The third kappa shape index (κ3) is 5.40. The van der Waals surface area contributed by atoms with Crippen LogP contribution in [0.2, 0.25) is 0 Å². The Hall–Kier alpha value is -4.02. The fraction of sp³-hybridized carbons (Fsp3) is 0.111. The molecule has 0 saturated heterocycles. The molecule has 3 aromatic carbocycles. The molecule has 2 heterocycles. The number of thioether (sulfide) groups is 1. The number of amides is 1. The molecule has 186 valence electrons. The van der Waals surface area contributed by atoms with Crippen molar-refractivity contribution in [2.45, 2.75) is 10.1 Å². The maximum atomic E-state index is 13.9. The summed E-state index contributed by atoms with van der Waals surface area (Å²) in [6.07, 6.45) is 0. The van der Waals surface area contributed by atoms with Gasteiger partial charge < -0.3 is 9.47 Å². The first-order valence-electron chi connectivity index (χ1n) is 11.2. The van der Waals surface area contributed by atoms with E-state index in [4.69, 9.17) is 14.5 Å². The molecule has 0 aliphatic carbocycles. The molecule has 0 atom stereocenters. The minimum Gasteiger partial charge on any atom is -0.493 e. The van der Waals surface area contributed by atoms with E-state index >= 15 is 0 Å². The van der Waals surface area contributed by atoms with E-state index in [0.29, 0.717) is 54.4 Å². The Morgan fingerprint density at radius 1 is 0.973 bits per heavy atom. The predicted molar refractivity (Wildman–Crippen MR) is 144 cm³/mol. The molecule has 7 nitrogen and oxygen atoms in total. The lowest BCUT2D eigenvalue weighted by Gasteiger charge is -2.12. The van der Waals surface area contributed by atoms with Crippen LogP contribution in [0.3, 0.4) is 0 Å². The van der Waals surface area contributed by atoms with Crippen molar-refractivity contribution >= 4 is 45.0 Å². The summed E-state index contributed by atoms with van der Waals surface area (Å²) in [5, 5.41) is 12.1. The quantitative estimate of drug-likeness (QED) is 0.181. The third-order valence-electron chi connectivity index (χ3n) is 5.58. The fourth-order valence-electron chi connectivity index (χ4n) is 3.74. The number of rotatable bonds is 8. The number of pyridine rings is 1. The number of methoxy groups -OCH3 is 2. The van der Waals surface area contributed by atoms with Crippen LogP contribution in [0.5, 0.6) is 11.5 Å². The molecular formula is C27H21FN4O3S2. The molecule has 0 aliphatic rings. The summed E-state index contributed by atoms with van der Waals surface area (Å²) in [6, 6.07) is 21.3. The second-order valence-corrected chi connectivity index (χ2v) is 10.0. The number of ether oxygens (including phenoxy) is 2. The zero-order chi connectivity index (χ0) is 25.8. The van der Waals surface area contributed by atoms with Gasteiger partial charge in [0, 0.05) is 16.7 Å².